The number of amides is 2. The summed E-state index contributed by atoms with van der Waals surface area (Å²) in [5, 5.41) is 2.96. The van der Waals surface area contributed by atoms with Crippen LogP contribution in [0, 0.1) is 13.8 Å². The molecule has 1 aliphatic heterocycles. The average molecular weight is 350 g/mol. The highest BCUT2D eigenvalue weighted by Gasteiger charge is 2.22. The molecular weight excluding hydrogens is 324 g/mol. The van der Waals surface area contributed by atoms with Gasteiger partial charge in [-0.05, 0) is 67.5 Å². The molecule has 2 amide bonds. The monoisotopic (exact) mass is 350 g/mol. The third-order valence-electron chi connectivity index (χ3n) is 5.09. The van der Waals surface area contributed by atoms with Crippen LogP contribution in [0.2, 0.25) is 0 Å². The zero-order valence-electron chi connectivity index (χ0n) is 15.8. The topological polar surface area (TPSA) is 49.4 Å². The van der Waals surface area contributed by atoms with Gasteiger partial charge in [0, 0.05) is 31.3 Å². The Kier molecular flexibility index (Phi) is 5.40. The molecule has 1 N–H and O–H groups in total. The summed E-state index contributed by atoms with van der Waals surface area (Å²) >= 11 is 0. The van der Waals surface area contributed by atoms with Crippen LogP contribution in [-0.4, -0.2) is 18.4 Å². The zero-order valence-corrected chi connectivity index (χ0v) is 15.8. The van der Waals surface area contributed by atoms with Crippen molar-refractivity contribution in [3.8, 4) is 0 Å². The van der Waals surface area contributed by atoms with Crippen LogP contribution in [-0.2, 0) is 22.4 Å². The summed E-state index contributed by atoms with van der Waals surface area (Å²) < 4.78 is 0. The van der Waals surface area contributed by atoms with Gasteiger partial charge in [-0.25, -0.2) is 0 Å². The highest BCUT2D eigenvalue weighted by molar-refractivity contribution is 5.96. The fraction of sp³-hybridized carbons (Fsp3) is 0.364. The molecule has 1 aliphatic rings. The molecule has 1 heterocycles. The van der Waals surface area contributed by atoms with Crippen molar-refractivity contribution >= 4 is 23.2 Å². The summed E-state index contributed by atoms with van der Waals surface area (Å²) in [5.41, 5.74) is 6.70. The second-order valence-electron chi connectivity index (χ2n) is 7.08. The van der Waals surface area contributed by atoms with E-state index in [1.807, 2.05) is 18.2 Å². The van der Waals surface area contributed by atoms with Gasteiger partial charge in [0.25, 0.3) is 0 Å². The van der Waals surface area contributed by atoms with E-state index in [1.165, 1.54) is 16.7 Å². The largest absolute Gasteiger partial charge is 0.326 e. The van der Waals surface area contributed by atoms with Crippen LogP contribution in [0.5, 0.6) is 0 Å². The minimum Gasteiger partial charge on any atom is -0.326 e. The standard InChI is InChI=1S/C22H26N2O2/c1-15-7-8-18(13-16(15)2)5-4-6-22(26)23-20-10-9-19-11-12-24(17(3)25)21(19)14-20/h7-10,13-14H,4-6,11-12H2,1-3H3,(H,23,26). The maximum atomic E-state index is 12.2. The second-order valence-corrected chi connectivity index (χ2v) is 7.08. The number of nitrogens with one attached hydrogen (secondary N) is 1. The van der Waals surface area contributed by atoms with Crippen LogP contribution in [0.25, 0.3) is 0 Å². The lowest BCUT2D eigenvalue weighted by Gasteiger charge is -2.16. The van der Waals surface area contributed by atoms with Crippen LogP contribution in [0.1, 0.15) is 42.0 Å². The number of carbonyl (C=O) groups is 2. The number of hydrogen-bond donors (Lipinski definition) is 1. The van der Waals surface area contributed by atoms with Gasteiger partial charge >= 0.3 is 0 Å². The van der Waals surface area contributed by atoms with E-state index in [9.17, 15) is 9.59 Å². The Bertz CT molecular complexity index is 842. The molecule has 0 bridgehead atoms. The number of aryl methyl sites for hydroxylation is 3. The Morgan fingerprint density at radius 3 is 2.62 bits per heavy atom. The fourth-order valence-electron chi connectivity index (χ4n) is 3.42. The zero-order chi connectivity index (χ0) is 18.7. The molecule has 0 saturated carbocycles. The molecule has 0 atom stereocenters. The van der Waals surface area contributed by atoms with E-state index >= 15 is 0 Å². The number of nitrogens with zero attached hydrogens (tertiary/aromatic N) is 1. The third-order valence-corrected chi connectivity index (χ3v) is 5.09. The molecule has 0 aliphatic carbocycles. The highest BCUT2D eigenvalue weighted by Crippen LogP contribution is 2.31. The molecule has 0 spiro atoms. The normalized spacial score (nSPS) is 12.8. The number of anilines is 2. The van der Waals surface area contributed by atoms with Gasteiger partial charge in [0.1, 0.15) is 0 Å². The second kappa shape index (κ2) is 7.73. The lowest BCUT2D eigenvalue weighted by atomic mass is 10.0. The number of benzene rings is 2. The van der Waals surface area contributed by atoms with E-state index in [1.54, 1.807) is 11.8 Å². The first-order chi connectivity index (χ1) is 12.4. The smallest absolute Gasteiger partial charge is 0.224 e. The fourth-order valence-corrected chi connectivity index (χ4v) is 3.42. The Morgan fingerprint density at radius 1 is 1.08 bits per heavy atom. The van der Waals surface area contributed by atoms with E-state index < -0.39 is 0 Å². The van der Waals surface area contributed by atoms with Crippen molar-refractivity contribution < 1.29 is 9.59 Å². The molecule has 26 heavy (non-hydrogen) atoms. The summed E-state index contributed by atoms with van der Waals surface area (Å²) in [4.78, 5) is 25.7. The maximum Gasteiger partial charge on any atom is 0.224 e. The minimum absolute atomic E-state index is 0.0150. The van der Waals surface area contributed by atoms with Gasteiger partial charge in [0.2, 0.25) is 11.8 Å². The highest BCUT2D eigenvalue weighted by atomic mass is 16.2. The van der Waals surface area contributed by atoms with Crippen molar-refractivity contribution in [3.05, 3.63) is 58.7 Å². The molecule has 4 heteroatoms. The van der Waals surface area contributed by atoms with Crippen molar-refractivity contribution in [1.82, 2.24) is 0 Å². The van der Waals surface area contributed by atoms with E-state index in [0.29, 0.717) is 6.42 Å². The van der Waals surface area contributed by atoms with Gasteiger partial charge in [-0.2, -0.15) is 0 Å². The predicted molar refractivity (Wildman–Crippen MR) is 106 cm³/mol. The first kappa shape index (κ1) is 18.2. The van der Waals surface area contributed by atoms with Gasteiger partial charge in [-0.1, -0.05) is 24.3 Å². The van der Waals surface area contributed by atoms with Gasteiger partial charge in [-0.3, -0.25) is 9.59 Å². The number of hydrogen-bond acceptors (Lipinski definition) is 2. The summed E-state index contributed by atoms with van der Waals surface area (Å²) in [6.07, 6.45) is 3.08. The van der Waals surface area contributed by atoms with Crippen molar-refractivity contribution in [1.29, 1.82) is 0 Å². The molecular formula is C22H26N2O2. The number of fused-ring (bicyclic) bond motifs is 1. The summed E-state index contributed by atoms with van der Waals surface area (Å²) in [7, 11) is 0. The van der Waals surface area contributed by atoms with Crippen LogP contribution in [0.3, 0.4) is 0 Å². The molecule has 0 radical (unpaired) electrons. The van der Waals surface area contributed by atoms with Crippen molar-refractivity contribution in [2.45, 2.75) is 46.5 Å². The number of carbonyl (C=O) groups excluding carboxylic acids is 2. The van der Waals surface area contributed by atoms with Crippen molar-refractivity contribution in [2.24, 2.45) is 0 Å². The van der Waals surface area contributed by atoms with E-state index in [4.69, 9.17) is 0 Å². The maximum absolute atomic E-state index is 12.2. The molecule has 0 unspecified atom stereocenters. The summed E-state index contributed by atoms with van der Waals surface area (Å²) in [6.45, 7) is 6.52. The van der Waals surface area contributed by atoms with Crippen LogP contribution in [0.15, 0.2) is 36.4 Å². The van der Waals surface area contributed by atoms with E-state index in [0.717, 1.165) is 42.7 Å². The Balaban J connectivity index is 1.54. The van der Waals surface area contributed by atoms with E-state index in [2.05, 4.69) is 37.4 Å². The summed E-state index contributed by atoms with van der Waals surface area (Å²) in [6, 6.07) is 12.3. The van der Waals surface area contributed by atoms with Crippen molar-refractivity contribution in [2.75, 3.05) is 16.8 Å². The lowest BCUT2D eigenvalue weighted by molar-refractivity contribution is -0.117. The van der Waals surface area contributed by atoms with Crippen LogP contribution >= 0.6 is 0 Å². The molecule has 136 valence electrons. The molecule has 0 aromatic heterocycles. The predicted octanol–water partition coefficient (Wildman–Crippen LogP) is 4.17. The van der Waals surface area contributed by atoms with Gasteiger partial charge in [0.15, 0.2) is 0 Å². The van der Waals surface area contributed by atoms with Crippen LogP contribution < -0.4 is 10.2 Å². The Labute approximate surface area is 155 Å². The molecule has 2 aromatic carbocycles. The third kappa shape index (κ3) is 4.13. The SMILES string of the molecule is CC(=O)N1CCc2ccc(NC(=O)CCCc3ccc(C)c(C)c3)cc21. The number of rotatable bonds is 5. The molecule has 2 aromatic rings. The lowest BCUT2D eigenvalue weighted by Crippen LogP contribution is -2.25. The average Bonchev–Trinajstić information content (AvgIpc) is 3.01. The molecule has 3 rings (SSSR count). The molecule has 0 fully saturated rings. The van der Waals surface area contributed by atoms with Crippen LogP contribution in [0.4, 0.5) is 11.4 Å². The first-order valence-corrected chi connectivity index (χ1v) is 9.21. The Hall–Kier alpha value is -2.62. The minimum atomic E-state index is 0.0150. The summed E-state index contributed by atoms with van der Waals surface area (Å²) in [5.74, 6) is 0.0572. The molecule has 0 saturated heterocycles. The molecule has 4 nitrogen and oxygen atoms in total. The van der Waals surface area contributed by atoms with E-state index in [-0.39, 0.29) is 11.8 Å². The van der Waals surface area contributed by atoms with Gasteiger partial charge in [-0.15, -0.1) is 0 Å². The van der Waals surface area contributed by atoms with Gasteiger partial charge < -0.3 is 10.2 Å². The quantitative estimate of drug-likeness (QED) is 0.880. The Morgan fingerprint density at radius 2 is 1.88 bits per heavy atom. The van der Waals surface area contributed by atoms with Gasteiger partial charge in [0.05, 0.1) is 0 Å². The first-order valence-electron chi connectivity index (χ1n) is 9.21. The van der Waals surface area contributed by atoms with Crippen molar-refractivity contribution in [3.63, 3.8) is 0 Å².